The molecule has 4 aromatic carbocycles. The molecule has 1 atom stereocenters. The zero-order chi connectivity index (χ0) is 35.8. The fourth-order valence-electron chi connectivity index (χ4n) is 6.77. The second-order valence-corrected chi connectivity index (χ2v) is 13.9. The van der Waals surface area contributed by atoms with Crippen LogP contribution in [-0.4, -0.2) is 52.7 Å². The van der Waals surface area contributed by atoms with E-state index in [1.807, 2.05) is 60.0 Å². The van der Waals surface area contributed by atoms with E-state index in [9.17, 15) is 9.59 Å². The number of nitrogens with two attached hydrogens (primary N) is 1. The Hall–Kier alpha value is -4.80. The van der Waals surface area contributed by atoms with Crippen molar-refractivity contribution in [3.05, 3.63) is 123 Å². The number of amides is 1. The SMILES string of the molecule is COC(=O)c1ccc(N2CCC(N)CC2)c(NC(=O)c2[nH]c3cc(Cl)ccc3c2-c2c(-c3ccccc3)ncn2[C@@H](C)c2ccc(Cl)cc2Cl)c1. The molecule has 3 heterocycles. The number of anilines is 2. The minimum atomic E-state index is -0.509. The first-order valence-corrected chi connectivity index (χ1v) is 17.7. The van der Waals surface area contributed by atoms with Gasteiger partial charge in [-0.25, -0.2) is 9.78 Å². The van der Waals surface area contributed by atoms with Gasteiger partial charge in [-0.1, -0.05) is 77.3 Å². The van der Waals surface area contributed by atoms with Gasteiger partial charge in [0.15, 0.2) is 0 Å². The van der Waals surface area contributed by atoms with Crippen LogP contribution in [0.3, 0.4) is 0 Å². The molecule has 7 rings (SSSR count). The number of aromatic nitrogens is 3. The Labute approximate surface area is 310 Å². The largest absolute Gasteiger partial charge is 0.465 e. The van der Waals surface area contributed by atoms with E-state index >= 15 is 0 Å². The van der Waals surface area contributed by atoms with Gasteiger partial charge < -0.3 is 30.2 Å². The number of piperidine rings is 1. The number of carbonyl (C=O) groups is 2. The van der Waals surface area contributed by atoms with Gasteiger partial charge in [0.05, 0.1) is 47.8 Å². The maximum Gasteiger partial charge on any atom is 0.337 e. The molecule has 0 radical (unpaired) electrons. The summed E-state index contributed by atoms with van der Waals surface area (Å²) in [5.41, 5.74) is 12.4. The first-order valence-electron chi connectivity index (χ1n) is 16.6. The molecular formula is C39H35Cl3N6O3. The summed E-state index contributed by atoms with van der Waals surface area (Å²) in [6, 6.07) is 25.7. The molecule has 9 nitrogen and oxygen atoms in total. The number of ether oxygens (including phenoxy) is 1. The van der Waals surface area contributed by atoms with Crippen LogP contribution in [0.2, 0.25) is 15.1 Å². The number of rotatable bonds is 8. The van der Waals surface area contributed by atoms with Gasteiger partial charge >= 0.3 is 5.97 Å². The van der Waals surface area contributed by atoms with Gasteiger partial charge in [-0.2, -0.15) is 0 Å². The molecule has 1 fully saturated rings. The Bertz CT molecular complexity index is 2260. The summed E-state index contributed by atoms with van der Waals surface area (Å²) in [7, 11) is 1.33. The van der Waals surface area contributed by atoms with Gasteiger partial charge in [0.2, 0.25) is 0 Å². The Morgan fingerprint density at radius 1 is 0.961 bits per heavy atom. The number of carbonyl (C=O) groups excluding carboxylic acids is 2. The van der Waals surface area contributed by atoms with E-state index in [1.165, 1.54) is 7.11 Å². The molecule has 51 heavy (non-hydrogen) atoms. The van der Waals surface area contributed by atoms with Crippen molar-refractivity contribution in [1.29, 1.82) is 0 Å². The maximum atomic E-state index is 14.7. The van der Waals surface area contributed by atoms with E-state index in [1.54, 1.807) is 42.7 Å². The summed E-state index contributed by atoms with van der Waals surface area (Å²) in [5.74, 6) is -0.928. The molecule has 4 N–H and O–H groups in total. The number of hydrogen-bond donors (Lipinski definition) is 3. The number of fused-ring (bicyclic) bond motifs is 1. The highest BCUT2D eigenvalue weighted by atomic mass is 35.5. The summed E-state index contributed by atoms with van der Waals surface area (Å²) < 4.78 is 7.03. The van der Waals surface area contributed by atoms with E-state index in [0.29, 0.717) is 61.9 Å². The standard InChI is InChI=1S/C39H35Cl3N6O3/c1-22(28-11-9-25(40)19-30(28)42)48-21-44-35(23-6-4-3-5-7-23)37(48)34-29-12-10-26(41)20-31(29)45-36(34)38(49)46-32-18-24(39(50)51-2)8-13-33(32)47-16-14-27(43)15-17-47/h3-13,18-22,27,45H,14-17,43H2,1-2H3,(H,46,49)/t22-/m0/s1. The van der Waals surface area contributed by atoms with Crippen LogP contribution in [0.1, 0.15) is 52.2 Å². The zero-order valence-corrected chi connectivity index (χ0v) is 30.2. The van der Waals surface area contributed by atoms with E-state index in [4.69, 9.17) is 50.3 Å². The minimum absolute atomic E-state index is 0.114. The van der Waals surface area contributed by atoms with E-state index < -0.39 is 11.9 Å². The molecule has 1 saturated heterocycles. The average molecular weight is 742 g/mol. The maximum absolute atomic E-state index is 14.7. The Balaban J connectivity index is 1.41. The molecule has 6 aromatic rings. The van der Waals surface area contributed by atoms with Crippen LogP contribution in [0.15, 0.2) is 91.3 Å². The van der Waals surface area contributed by atoms with Crippen LogP contribution in [0.4, 0.5) is 11.4 Å². The summed E-state index contributed by atoms with van der Waals surface area (Å²) >= 11 is 19.5. The van der Waals surface area contributed by atoms with Gasteiger partial charge in [-0.15, -0.1) is 0 Å². The van der Waals surface area contributed by atoms with E-state index in [0.717, 1.165) is 35.0 Å². The van der Waals surface area contributed by atoms with Crippen molar-refractivity contribution in [1.82, 2.24) is 14.5 Å². The summed E-state index contributed by atoms with van der Waals surface area (Å²) in [5, 5.41) is 5.46. The molecule has 0 spiro atoms. The monoisotopic (exact) mass is 740 g/mol. The number of halogens is 3. The first-order chi connectivity index (χ1) is 24.6. The topological polar surface area (TPSA) is 118 Å². The lowest BCUT2D eigenvalue weighted by Crippen LogP contribution is -2.40. The van der Waals surface area contributed by atoms with Gasteiger partial charge in [0, 0.05) is 56.2 Å². The average Bonchev–Trinajstić information content (AvgIpc) is 3.73. The van der Waals surface area contributed by atoms with Crippen LogP contribution < -0.4 is 16.0 Å². The molecular weight excluding hydrogens is 707 g/mol. The van der Waals surface area contributed by atoms with Crippen molar-refractivity contribution < 1.29 is 14.3 Å². The molecule has 1 aliphatic heterocycles. The van der Waals surface area contributed by atoms with Crippen molar-refractivity contribution in [2.75, 3.05) is 30.4 Å². The molecule has 12 heteroatoms. The Morgan fingerprint density at radius 3 is 2.41 bits per heavy atom. The van der Waals surface area contributed by atoms with Crippen molar-refractivity contribution >= 4 is 69.0 Å². The minimum Gasteiger partial charge on any atom is -0.465 e. The highest BCUT2D eigenvalue weighted by Gasteiger charge is 2.29. The molecule has 2 aromatic heterocycles. The van der Waals surface area contributed by atoms with E-state index in [2.05, 4.69) is 15.2 Å². The summed E-state index contributed by atoms with van der Waals surface area (Å²) in [4.78, 5) is 37.8. The number of benzene rings is 4. The third kappa shape index (κ3) is 6.82. The van der Waals surface area contributed by atoms with Gasteiger partial charge in [-0.3, -0.25) is 4.79 Å². The number of methoxy groups -OCH3 is 1. The number of nitrogens with zero attached hydrogens (tertiary/aromatic N) is 3. The van der Waals surface area contributed by atoms with Gasteiger partial charge in [0.1, 0.15) is 5.69 Å². The van der Waals surface area contributed by atoms with Crippen molar-refractivity contribution in [3.63, 3.8) is 0 Å². The van der Waals surface area contributed by atoms with Crippen LogP contribution in [-0.2, 0) is 4.74 Å². The van der Waals surface area contributed by atoms with Crippen LogP contribution in [0.5, 0.6) is 0 Å². The quantitative estimate of drug-likeness (QED) is 0.134. The lowest BCUT2D eigenvalue weighted by Gasteiger charge is -2.33. The fourth-order valence-corrected chi connectivity index (χ4v) is 7.51. The van der Waals surface area contributed by atoms with Gasteiger partial charge in [0.25, 0.3) is 5.91 Å². The van der Waals surface area contributed by atoms with E-state index in [-0.39, 0.29) is 17.8 Å². The number of H-pyrrole nitrogens is 1. The highest BCUT2D eigenvalue weighted by molar-refractivity contribution is 6.35. The molecule has 0 bridgehead atoms. The van der Waals surface area contributed by atoms with Gasteiger partial charge in [-0.05, 0) is 67.8 Å². The third-order valence-corrected chi connectivity index (χ3v) is 10.2. The number of esters is 1. The van der Waals surface area contributed by atoms with Crippen molar-refractivity contribution in [2.24, 2.45) is 5.73 Å². The molecule has 1 aliphatic rings. The summed E-state index contributed by atoms with van der Waals surface area (Å²) in [6.45, 7) is 3.45. The Kier molecular flexibility index (Phi) is 9.81. The fraction of sp³-hybridized carbons (Fsp3) is 0.205. The number of imidazole rings is 1. The normalized spacial score (nSPS) is 14.1. The molecule has 0 saturated carbocycles. The van der Waals surface area contributed by atoms with Crippen LogP contribution in [0.25, 0.3) is 33.4 Å². The first kappa shape index (κ1) is 34.6. The highest BCUT2D eigenvalue weighted by Crippen LogP contribution is 2.42. The lowest BCUT2D eigenvalue weighted by atomic mass is 9.99. The number of nitrogens with one attached hydrogen (secondary N) is 2. The molecule has 0 aliphatic carbocycles. The van der Waals surface area contributed by atoms with Crippen LogP contribution >= 0.6 is 34.8 Å². The predicted molar refractivity (Wildman–Crippen MR) is 205 cm³/mol. The predicted octanol–water partition coefficient (Wildman–Crippen LogP) is 9.23. The second-order valence-electron chi connectivity index (χ2n) is 12.6. The zero-order valence-electron chi connectivity index (χ0n) is 27.9. The molecule has 260 valence electrons. The smallest absolute Gasteiger partial charge is 0.337 e. The Morgan fingerprint density at radius 2 is 1.69 bits per heavy atom. The third-order valence-electron chi connectivity index (χ3n) is 9.44. The number of aromatic amines is 1. The summed E-state index contributed by atoms with van der Waals surface area (Å²) in [6.07, 6.45) is 3.38. The van der Waals surface area contributed by atoms with Crippen molar-refractivity contribution in [2.45, 2.75) is 31.8 Å². The van der Waals surface area contributed by atoms with Crippen molar-refractivity contribution in [3.8, 4) is 22.5 Å². The second kappa shape index (κ2) is 14.4. The number of hydrogen-bond acceptors (Lipinski definition) is 6. The molecule has 0 unspecified atom stereocenters. The lowest BCUT2D eigenvalue weighted by molar-refractivity contribution is 0.0600. The van der Waals surface area contributed by atoms with Crippen LogP contribution in [0, 0.1) is 0 Å². The molecule has 1 amide bonds.